The first-order chi connectivity index (χ1) is 39.0. The Morgan fingerprint density at radius 3 is 0.785 bits per heavy atom. The van der Waals surface area contributed by atoms with Gasteiger partial charge in [-0.05, 0) is 89.9 Å². The minimum Gasteiger partial charge on any atom is -0.462 e. The highest BCUT2D eigenvalue weighted by atomic mass is 16.6. The molecule has 0 rings (SSSR count). The molecule has 0 aromatic heterocycles. The van der Waals surface area contributed by atoms with Crippen molar-refractivity contribution < 1.29 is 28.6 Å². The van der Waals surface area contributed by atoms with Crippen LogP contribution in [0.2, 0.25) is 0 Å². The standard InChI is InChI=1S/C73H130O6/c1-4-7-10-13-16-19-22-25-28-31-32-33-34-35-36-37-38-39-40-41-42-43-46-48-51-54-57-60-63-66-72(75)78-69-70(79-73(76)67-64-61-58-55-52-49-45-30-27-24-21-18-15-12-9-6-3)68-77-71(74)65-62-59-56-53-50-47-44-29-26-23-20-17-14-11-8-5-2/h7,10,16,19,21,24-25,28,30,32-33,45,70H,4-6,8-9,11-15,17-18,20,22-23,26-27,29,31,34-44,46-69H2,1-3H3/b10-7-,19-16-,24-21-,28-25-,33-32-,45-30-. The number of carbonyl (C=O) groups is 3. The number of unbranched alkanes of at least 4 members (excludes halogenated alkanes) is 40. The Morgan fingerprint density at radius 1 is 0.266 bits per heavy atom. The summed E-state index contributed by atoms with van der Waals surface area (Å²) in [7, 11) is 0. The summed E-state index contributed by atoms with van der Waals surface area (Å²) in [5, 5.41) is 0. The van der Waals surface area contributed by atoms with Crippen molar-refractivity contribution in [2.45, 2.75) is 361 Å². The van der Waals surface area contributed by atoms with Crippen molar-refractivity contribution in [3.05, 3.63) is 72.9 Å². The molecule has 1 unspecified atom stereocenters. The number of hydrogen-bond donors (Lipinski definition) is 0. The first-order valence-electron chi connectivity index (χ1n) is 34.4. The summed E-state index contributed by atoms with van der Waals surface area (Å²) < 4.78 is 17.0. The number of hydrogen-bond acceptors (Lipinski definition) is 6. The predicted octanol–water partition coefficient (Wildman–Crippen LogP) is 23.7. The highest BCUT2D eigenvalue weighted by molar-refractivity contribution is 5.71. The maximum Gasteiger partial charge on any atom is 0.306 e. The van der Waals surface area contributed by atoms with Gasteiger partial charge in [-0.25, -0.2) is 0 Å². The number of allylic oxidation sites excluding steroid dienone is 12. The molecule has 6 heteroatoms. The molecule has 0 aliphatic rings. The van der Waals surface area contributed by atoms with Crippen molar-refractivity contribution >= 4 is 17.9 Å². The van der Waals surface area contributed by atoms with Crippen LogP contribution >= 0.6 is 0 Å². The van der Waals surface area contributed by atoms with Crippen LogP contribution in [-0.4, -0.2) is 37.2 Å². The molecule has 0 aromatic rings. The maximum atomic E-state index is 12.9. The zero-order chi connectivity index (χ0) is 57.1. The zero-order valence-electron chi connectivity index (χ0n) is 52.6. The van der Waals surface area contributed by atoms with Gasteiger partial charge in [-0.2, -0.15) is 0 Å². The summed E-state index contributed by atoms with van der Waals surface area (Å²) in [4.78, 5) is 38.4. The van der Waals surface area contributed by atoms with E-state index in [1.54, 1.807) is 0 Å². The second-order valence-electron chi connectivity index (χ2n) is 23.1. The van der Waals surface area contributed by atoms with Gasteiger partial charge in [0.2, 0.25) is 0 Å². The summed E-state index contributed by atoms with van der Waals surface area (Å²) in [6.45, 7) is 6.55. The Morgan fingerprint density at radius 2 is 0.494 bits per heavy atom. The molecule has 0 fully saturated rings. The van der Waals surface area contributed by atoms with Crippen LogP contribution in [0.25, 0.3) is 0 Å². The van der Waals surface area contributed by atoms with Gasteiger partial charge in [-0.3, -0.25) is 14.4 Å². The highest BCUT2D eigenvalue weighted by Crippen LogP contribution is 2.18. The Hall–Kier alpha value is -3.15. The van der Waals surface area contributed by atoms with Gasteiger partial charge in [0.25, 0.3) is 0 Å². The van der Waals surface area contributed by atoms with Crippen molar-refractivity contribution in [3.8, 4) is 0 Å². The van der Waals surface area contributed by atoms with Crippen LogP contribution in [0.5, 0.6) is 0 Å². The quantitative estimate of drug-likeness (QED) is 0.0261. The van der Waals surface area contributed by atoms with E-state index in [2.05, 4.69) is 93.7 Å². The predicted molar refractivity (Wildman–Crippen MR) is 344 cm³/mol. The molecule has 0 radical (unpaired) electrons. The Bertz CT molecular complexity index is 1450. The molecule has 458 valence electrons. The van der Waals surface area contributed by atoms with Crippen molar-refractivity contribution in [1.29, 1.82) is 0 Å². The van der Waals surface area contributed by atoms with Gasteiger partial charge < -0.3 is 14.2 Å². The second-order valence-corrected chi connectivity index (χ2v) is 23.1. The lowest BCUT2D eigenvalue weighted by molar-refractivity contribution is -0.167. The molecule has 0 aromatic carbocycles. The first-order valence-corrected chi connectivity index (χ1v) is 34.4. The number of esters is 3. The summed E-state index contributed by atoms with van der Waals surface area (Å²) in [6, 6.07) is 0. The van der Waals surface area contributed by atoms with Crippen LogP contribution in [0.15, 0.2) is 72.9 Å². The van der Waals surface area contributed by atoms with Gasteiger partial charge in [0.1, 0.15) is 13.2 Å². The SMILES string of the molecule is CC/C=C\C/C=C\C/C=C\C/C=C\CCCCCCCCCCCCCCCCCCC(=O)OCC(COC(=O)CCCCCCCCCCCCCCCCCC)OC(=O)CCCCCCC/C=C\C/C=C\CCCCCC. The lowest BCUT2D eigenvalue weighted by Gasteiger charge is -2.18. The third kappa shape index (κ3) is 65.5. The van der Waals surface area contributed by atoms with Gasteiger partial charge in [-0.1, -0.05) is 318 Å². The minimum absolute atomic E-state index is 0.0758. The average molecular weight is 1100 g/mol. The molecule has 79 heavy (non-hydrogen) atoms. The monoisotopic (exact) mass is 1100 g/mol. The highest BCUT2D eigenvalue weighted by Gasteiger charge is 2.19. The summed E-state index contributed by atoms with van der Waals surface area (Å²) in [5.74, 6) is -0.868. The van der Waals surface area contributed by atoms with Gasteiger partial charge in [0.15, 0.2) is 6.10 Å². The molecular weight excluding hydrogens is 973 g/mol. The van der Waals surface area contributed by atoms with Gasteiger partial charge in [-0.15, -0.1) is 0 Å². The molecule has 0 bridgehead atoms. The van der Waals surface area contributed by atoms with Crippen LogP contribution in [0.4, 0.5) is 0 Å². The van der Waals surface area contributed by atoms with E-state index in [-0.39, 0.29) is 31.1 Å². The van der Waals surface area contributed by atoms with E-state index < -0.39 is 6.10 Å². The molecule has 0 aliphatic heterocycles. The van der Waals surface area contributed by atoms with Crippen molar-refractivity contribution in [1.82, 2.24) is 0 Å². The maximum absolute atomic E-state index is 12.9. The Balaban J connectivity index is 4.24. The lowest BCUT2D eigenvalue weighted by Crippen LogP contribution is -2.30. The van der Waals surface area contributed by atoms with Gasteiger partial charge in [0.05, 0.1) is 0 Å². The molecular formula is C73H130O6. The van der Waals surface area contributed by atoms with E-state index in [0.29, 0.717) is 19.3 Å². The molecule has 0 amide bonds. The molecule has 6 nitrogen and oxygen atoms in total. The molecule has 0 N–H and O–H groups in total. The third-order valence-corrected chi connectivity index (χ3v) is 15.2. The van der Waals surface area contributed by atoms with Crippen LogP contribution in [0, 0.1) is 0 Å². The summed E-state index contributed by atoms with van der Waals surface area (Å²) in [5.41, 5.74) is 0. The van der Waals surface area contributed by atoms with E-state index in [0.717, 1.165) is 109 Å². The molecule has 0 saturated heterocycles. The largest absolute Gasteiger partial charge is 0.462 e. The topological polar surface area (TPSA) is 78.9 Å². The van der Waals surface area contributed by atoms with Crippen LogP contribution in [-0.2, 0) is 28.6 Å². The molecule has 0 spiro atoms. The molecule has 0 heterocycles. The summed E-state index contributed by atoms with van der Waals surface area (Å²) in [6.07, 6.45) is 87.8. The van der Waals surface area contributed by atoms with E-state index in [4.69, 9.17) is 14.2 Å². The zero-order valence-corrected chi connectivity index (χ0v) is 52.6. The van der Waals surface area contributed by atoms with Gasteiger partial charge in [0, 0.05) is 19.3 Å². The number of ether oxygens (including phenoxy) is 3. The number of rotatable bonds is 63. The Kier molecular flexibility index (Phi) is 64.7. The van der Waals surface area contributed by atoms with E-state index in [9.17, 15) is 14.4 Å². The smallest absolute Gasteiger partial charge is 0.306 e. The molecule has 0 saturated carbocycles. The minimum atomic E-state index is -0.781. The van der Waals surface area contributed by atoms with Crippen LogP contribution < -0.4 is 0 Å². The first kappa shape index (κ1) is 75.8. The fourth-order valence-corrected chi connectivity index (χ4v) is 10.1. The average Bonchev–Trinajstić information content (AvgIpc) is 3.45. The van der Waals surface area contributed by atoms with Crippen molar-refractivity contribution in [2.75, 3.05) is 13.2 Å². The Labute approximate surface area is 491 Å². The fourth-order valence-electron chi connectivity index (χ4n) is 10.1. The molecule has 1 atom stereocenters. The number of carbonyl (C=O) groups excluding carboxylic acids is 3. The van der Waals surface area contributed by atoms with Gasteiger partial charge >= 0.3 is 17.9 Å². The van der Waals surface area contributed by atoms with Crippen molar-refractivity contribution in [2.24, 2.45) is 0 Å². The van der Waals surface area contributed by atoms with E-state index >= 15 is 0 Å². The van der Waals surface area contributed by atoms with E-state index in [1.165, 1.54) is 205 Å². The van der Waals surface area contributed by atoms with Crippen molar-refractivity contribution in [3.63, 3.8) is 0 Å². The third-order valence-electron chi connectivity index (χ3n) is 15.2. The second kappa shape index (κ2) is 67.4. The van der Waals surface area contributed by atoms with E-state index in [1.807, 2.05) is 0 Å². The summed E-state index contributed by atoms with van der Waals surface area (Å²) >= 11 is 0. The van der Waals surface area contributed by atoms with Crippen LogP contribution in [0.3, 0.4) is 0 Å². The normalized spacial score (nSPS) is 12.5. The molecule has 0 aliphatic carbocycles. The fraction of sp³-hybridized carbons (Fsp3) is 0.795. The van der Waals surface area contributed by atoms with Crippen LogP contribution in [0.1, 0.15) is 355 Å². The lowest BCUT2D eigenvalue weighted by atomic mass is 10.0.